The molecule has 0 saturated carbocycles. The topological polar surface area (TPSA) is 66.4 Å². The Morgan fingerprint density at radius 2 is 1.75 bits per heavy atom. The monoisotopic (exact) mass is 221 g/mol. The largest absolute Gasteiger partial charge is 0.480 e. The molecule has 4 heteroatoms. The van der Waals surface area contributed by atoms with Crippen molar-refractivity contribution < 1.29 is 14.7 Å². The third kappa shape index (κ3) is 3.08. The van der Waals surface area contributed by atoms with E-state index < -0.39 is 12.0 Å². The van der Waals surface area contributed by atoms with Crippen molar-refractivity contribution in [1.82, 2.24) is 5.32 Å². The van der Waals surface area contributed by atoms with Crippen molar-refractivity contribution in [2.75, 3.05) is 0 Å². The molecule has 1 aromatic carbocycles. The average molecular weight is 221 g/mol. The second kappa shape index (κ2) is 5.30. The molecule has 16 heavy (non-hydrogen) atoms. The molecule has 4 nitrogen and oxygen atoms in total. The van der Waals surface area contributed by atoms with E-state index in [1.807, 2.05) is 30.3 Å². The van der Waals surface area contributed by atoms with Crippen LogP contribution in [-0.2, 0) is 9.59 Å². The minimum Gasteiger partial charge on any atom is -0.480 e. The lowest BCUT2D eigenvalue weighted by molar-refractivity contribution is -0.141. The van der Waals surface area contributed by atoms with E-state index in [0.29, 0.717) is 0 Å². The van der Waals surface area contributed by atoms with Gasteiger partial charge in [0.1, 0.15) is 6.04 Å². The summed E-state index contributed by atoms with van der Waals surface area (Å²) in [6, 6.07) is 8.39. The molecule has 0 heterocycles. The van der Waals surface area contributed by atoms with E-state index in [-0.39, 0.29) is 11.8 Å². The lowest BCUT2D eigenvalue weighted by Gasteiger charge is -2.14. The van der Waals surface area contributed by atoms with Gasteiger partial charge in [-0.15, -0.1) is 0 Å². The SMILES string of the molecule is C[C@H](NC(=O)[C@H](C)c1ccccc1)C(=O)O. The second-order valence-electron chi connectivity index (χ2n) is 3.70. The van der Waals surface area contributed by atoms with Crippen LogP contribution in [0.5, 0.6) is 0 Å². The predicted molar refractivity (Wildman–Crippen MR) is 60.1 cm³/mol. The molecular formula is C12H15NO3. The first kappa shape index (κ1) is 12.2. The fourth-order valence-corrected chi connectivity index (χ4v) is 1.29. The summed E-state index contributed by atoms with van der Waals surface area (Å²) in [5, 5.41) is 11.1. The Labute approximate surface area is 94.3 Å². The van der Waals surface area contributed by atoms with E-state index in [0.717, 1.165) is 5.56 Å². The highest BCUT2D eigenvalue weighted by atomic mass is 16.4. The number of benzene rings is 1. The van der Waals surface area contributed by atoms with E-state index in [9.17, 15) is 9.59 Å². The molecule has 0 fully saturated rings. The maximum atomic E-state index is 11.7. The molecule has 1 amide bonds. The molecule has 0 aromatic heterocycles. The van der Waals surface area contributed by atoms with Crippen LogP contribution in [-0.4, -0.2) is 23.0 Å². The van der Waals surface area contributed by atoms with Gasteiger partial charge in [0.2, 0.25) is 5.91 Å². The fourth-order valence-electron chi connectivity index (χ4n) is 1.29. The second-order valence-corrected chi connectivity index (χ2v) is 3.70. The fraction of sp³-hybridized carbons (Fsp3) is 0.333. The number of carbonyl (C=O) groups is 2. The van der Waals surface area contributed by atoms with Crippen LogP contribution >= 0.6 is 0 Å². The molecule has 0 spiro atoms. The first-order chi connectivity index (χ1) is 7.52. The van der Waals surface area contributed by atoms with Crippen molar-refractivity contribution in [3.8, 4) is 0 Å². The minimum atomic E-state index is -1.03. The summed E-state index contributed by atoms with van der Waals surface area (Å²) >= 11 is 0. The number of hydrogen-bond donors (Lipinski definition) is 2. The zero-order valence-electron chi connectivity index (χ0n) is 9.31. The Morgan fingerprint density at radius 3 is 2.25 bits per heavy atom. The van der Waals surface area contributed by atoms with Gasteiger partial charge in [-0.05, 0) is 19.4 Å². The number of amides is 1. The highest BCUT2D eigenvalue weighted by Gasteiger charge is 2.19. The number of rotatable bonds is 4. The van der Waals surface area contributed by atoms with Gasteiger partial charge in [-0.2, -0.15) is 0 Å². The lowest BCUT2D eigenvalue weighted by atomic mass is 10.0. The number of aliphatic carboxylic acids is 1. The van der Waals surface area contributed by atoms with E-state index in [4.69, 9.17) is 5.11 Å². The zero-order chi connectivity index (χ0) is 12.1. The highest BCUT2D eigenvalue weighted by Crippen LogP contribution is 2.14. The Bertz CT molecular complexity index is 375. The van der Waals surface area contributed by atoms with Crippen molar-refractivity contribution >= 4 is 11.9 Å². The number of nitrogens with one attached hydrogen (secondary N) is 1. The van der Waals surface area contributed by atoms with Crippen LogP contribution in [0, 0.1) is 0 Å². The maximum absolute atomic E-state index is 11.7. The van der Waals surface area contributed by atoms with Crippen LogP contribution in [0.3, 0.4) is 0 Å². The van der Waals surface area contributed by atoms with Crippen molar-refractivity contribution in [3.63, 3.8) is 0 Å². The van der Waals surface area contributed by atoms with E-state index in [1.165, 1.54) is 6.92 Å². The van der Waals surface area contributed by atoms with E-state index in [2.05, 4.69) is 5.32 Å². The van der Waals surface area contributed by atoms with Gasteiger partial charge in [0.15, 0.2) is 0 Å². The van der Waals surface area contributed by atoms with Crippen molar-refractivity contribution in [3.05, 3.63) is 35.9 Å². The first-order valence-electron chi connectivity index (χ1n) is 5.10. The number of carboxylic acid groups (broad SMARTS) is 1. The average Bonchev–Trinajstić information content (AvgIpc) is 2.28. The maximum Gasteiger partial charge on any atom is 0.325 e. The molecule has 86 valence electrons. The first-order valence-corrected chi connectivity index (χ1v) is 5.10. The van der Waals surface area contributed by atoms with Crippen molar-refractivity contribution in [1.29, 1.82) is 0 Å². The summed E-state index contributed by atoms with van der Waals surface area (Å²) in [4.78, 5) is 22.3. The van der Waals surface area contributed by atoms with Crippen molar-refractivity contribution in [2.24, 2.45) is 0 Å². The van der Waals surface area contributed by atoms with Crippen LogP contribution in [0.4, 0.5) is 0 Å². The molecule has 0 unspecified atom stereocenters. The molecule has 2 atom stereocenters. The van der Waals surface area contributed by atoms with Crippen LogP contribution in [0.15, 0.2) is 30.3 Å². The summed E-state index contributed by atoms with van der Waals surface area (Å²) < 4.78 is 0. The summed E-state index contributed by atoms with van der Waals surface area (Å²) in [6.45, 7) is 3.19. The molecule has 0 bridgehead atoms. The minimum absolute atomic E-state index is 0.277. The standard InChI is InChI=1S/C12H15NO3/c1-8(10-6-4-3-5-7-10)11(14)13-9(2)12(15)16/h3-9H,1-2H3,(H,13,14)(H,15,16)/t8-,9+/m1/s1. The molecule has 0 aliphatic carbocycles. The van der Waals surface area contributed by atoms with Crippen LogP contribution < -0.4 is 5.32 Å². The van der Waals surface area contributed by atoms with Gasteiger partial charge in [0, 0.05) is 0 Å². The number of carbonyl (C=O) groups excluding carboxylic acids is 1. The Balaban J connectivity index is 2.65. The zero-order valence-corrected chi connectivity index (χ0v) is 9.31. The quantitative estimate of drug-likeness (QED) is 0.807. The Hall–Kier alpha value is -1.84. The molecule has 0 radical (unpaired) electrons. The third-order valence-electron chi connectivity index (χ3n) is 2.42. The molecule has 0 aliphatic rings. The van der Waals surface area contributed by atoms with Gasteiger partial charge < -0.3 is 10.4 Å². The molecule has 0 saturated heterocycles. The Kier molecular flexibility index (Phi) is 4.05. The van der Waals surface area contributed by atoms with Crippen LogP contribution in [0.1, 0.15) is 25.3 Å². The van der Waals surface area contributed by atoms with Crippen LogP contribution in [0.2, 0.25) is 0 Å². The van der Waals surface area contributed by atoms with Gasteiger partial charge in [0.05, 0.1) is 5.92 Å². The number of carboxylic acids is 1. The van der Waals surface area contributed by atoms with Gasteiger partial charge in [0.25, 0.3) is 0 Å². The summed E-state index contributed by atoms with van der Waals surface area (Å²) in [7, 11) is 0. The van der Waals surface area contributed by atoms with Gasteiger partial charge >= 0.3 is 5.97 Å². The Morgan fingerprint density at radius 1 is 1.19 bits per heavy atom. The lowest BCUT2D eigenvalue weighted by Crippen LogP contribution is -2.40. The van der Waals surface area contributed by atoms with Gasteiger partial charge in [-0.1, -0.05) is 30.3 Å². The molecule has 2 N–H and O–H groups in total. The van der Waals surface area contributed by atoms with Crippen LogP contribution in [0.25, 0.3) is 0 Å². The van der Waals surface area contributed by atoms with Gasteiger partial charge in [-0.25, -0.2) is 0 Å². The van der Waals surface area contributed by atoms with E-state index in [1.54, 1.807) is 6.92 Å². The van der Waals surface area contributed by atoms with Crippen molar-refractivity contribution in [2.45, 2.75) is 25.8 Å². The summed E-state index contributed by atoms with van der Waals surface area (Å²) in [5.41, 5.74) is 0.873. The van der Waals surface area contributed by atoms with Gasteiger partial charge in [-0.3, -0.25) is 9.59 Å². The molecule has 1 aromatic rings. The summed E-state index contributed by atoms with van der Waals surface area (Å²) in [6.07, 6.45) is 0. The summed E-state index contributed by atoms with van der Waals surface area (Å²) in [5.74, 6) is -1.65. The smallest absolute Gasteiger partial charge is 0.325 e. The van der Waals surface area contributed by atoms with E-state index >= 15 is 0 Å². The normalized spacial score (nSPS) is 13.9. The molecule has 1 rings (SSSR count). The molecular weight excluding hydrogens is 206 g/mol. The highest BCUT2D eigenvalue weighted by molar-refractivity contribution is 5.87. The predicted octanol–water partition coefficient (Wildman–Crippen LogP) is 1.38. The molecule has 0 aliphatic heterocycles. The number of hydrogen-bond acceptors (Lipinski definition) is 2. The third-order valence-corrected chi connectivity index (χ3v) is 2.42.